The summed E-state index contributed by atoms with van der Waals surface area (Å²) >= 11 is 0. The van der Waals surface area contributed by atoms with Crippen molar-refractivity contribution in [2.24, 2.45) is 4.99 Å². The molecule has 118 valence electrons. The van der Waals surface area contributed by atoms with Crippen molar-refractivity contribution in [1.82, 2.24) is 10.2 Å². The van der Waals surface area contributed by atoms with Gasteiger partial charge in [-0.15, -0.1) is 24.0 Å². The Balaban J connectivity index is 0.00000176. The summed E-state index contributed by atoms with van der Waals surface area (Å²) in [6.07, 6.45) is 2.55. The van der Waals surface area contributed by atoms with E-state index in [4.69, 9.17) is 4.99 Å². The van der Waals surface area contributed by atoms with Gasteiger partial charge in [0.1, 0.15) is 0 Å². The van der Waals surface area contributed by atoms with Crippen LogP contribution in [0.2, 0.25) is 0 Å². The lowest BCUT2D eigenvalue weighted by Crippen LogP contribution is -2.39. The Morgan fingerprint density at radius 3 is 2.59 bits per heavy atom. The largest absolute Gasteiger partial charge is 0.357 e. The van der Waals surface area contributed by atoms with E-state index in [9.17, 15) is 0 Å². The van der Waals surface area contributed by atoms with E-state index >= 15 is 0 Å². The Morgan fingerprint density at radius 2 is 1.82 bits per heavy atom. The molecule has 0 radical (unpaired) electrons. The van der Waals surface area contributed by atoms with E-state index in [1.807, 2.05) is 0 Å². The molecule has 0 saturated carbocycles. The van der Waals surface area contributed by atoms with E-state index in [2.05, 4.69) is 59.6 Å². The minimum atomic E-state index is 0. The lowest BCUT2D eigenvalue weighted by Gasteiger charge is -2.20. The highest BCUT2D eigenvalue weighted by atomic mass is 127. The lowest BCUT2D eigenvalue weighted by atomic mass is 10.1. The van der Waals surface area contributed by atoms with Gasteiger partial charge in [-0.2, -0.15) is 0 Å². The maximum absolute atomic E-state index is 4.85. The molecule has 22 heavy (non-hydrogen) atoms. The van der Waals surface area contributed by atoms with Gasteiger partial charge in [0.25, 0.3) is 0 Å². The number of nitrogens with zero attached hydrogens (tertiary/aromatic N) is 2. The van der Waals surface area contributed by atoms with Crippen LogP contribution in [0.5, 0.6) is 0 Å². The maximum Gasteiger partial charge on any atom is 0.194 e. The first-order chi connectivity index (χ1) is 10.4. The number of hydrogen-bond acceptors (Lipinski definition) is 1. The van der Waals surface area contributed by atoms with E-state index in [1.165, 1.54) is 29.2 Å². The van der Waals surface area contributed by atoms with E-state index < -0.39 is 0 Å². The van der Waals surface area contributed by atoms with E-state index in [1.54, 1.807) is 0 Å². The molecule has 3 nitrogen and oxygen atoms in total. The van der Waals surface area contributed by atoms with Crippen molar-refractivity contribution in [1.29, 1.82) is 0 Å². The van der Waals surface area contributed by atoms with Gasteiger partial charge >= 0.3 is 0 Å². The van der Waals surface area contributed by atoms with Gasteiger partial charge in [-0.1, -0.05) is 42.5 Å². The molecule has 0 spiro atoms. The van der Waals surface area contributed by atoms with E-state index in [0.717, 1.165) is 32.1 Å². The monoisotopic (exact) mass is 409 g/mol. The van der Waals surface area contributed by atoms with Crippen molar-refractivity contribution in [2.45, 2.75) is 26.3 Å². The fourth-order valence-corrected chi connectivity index (χ4v) is 2.95. The zero-order valence-corrected chi connectivity index (χ0v) is 15.4. The van der Waals surface area contributed by atoms with Gasteiger partial charge in [0.2, 0.25) is 0 Å². The molecule has 2 aromatic carbocycles. The number of guanidine groups is 1. The summed E-state index contributed by atoms with van der Waals surface area (Å²) in [5.74, 6) is 1.06. The molecule has 0 unspecified atom stereocenters. The summed E-state index contributed by atoms with van der Waals surface area (Å²) in [6.45, 7) is 6.04. The highest BCUT2D eigenvalue weighted by Crippen LogP contribution is 2.19. The third-order valence-corrected chi connectivity index (χ3v) is 4.02. The molecule has 1 fully saturated rings. The minimum absolute atomic E-state index is 0. The molecule has 1 saturated heterocycles. The van der Waals surface area contributed by atoms with Crippen molar-refractivity contribution in [3.8, 4) is 0 Å². The van der Waals surface area contributed by atoms with Gasteiger partial charge in [0.05, 0.1) is 6.54 Å². The molecular weight excluding hydrogens is 385 g/mol. The highest BCUT2D eigenvalue weighted by molar-refractivity contribution is 14.0. The molecule has 1 heterocycles. The zero-order valence-electron chi connectivity index (χ0n) is 13.1. The van der Waals surface area contributed by atoms with E-state index in [0.29, 0.717) is 0 Å². The number of likely N-dealkylation sites (tertiary alicyclic amines) is 1. The lowest BCUT2D eigenvalue weighted by molar-refractivity contribution is 0.494. The van der Waals surface area contributed by atoms with Gasteiger partial charge in [0, 0.05) is 19.6 Å². The molecular formula is C18H24IN3. The van der Waals surface area contributed by atoms with Crippen LogP contribution in [-0.2, 0) is 6.54 Å². The van der Waals surface area contributed by atoms with Crippen LogP contribution in [-0.4, -0.2) is 30.5 Å². The molecule has 1 aliphatic rings. The smallest absolute Gasteiger partial charge is 0.194 e. The Bertz CT molecular complexity index is 628. The highest BCUT2D eigenvalue weighted by Gasteiger charge is 2.15. The summed E-state index contributed by atoms with van der Waals surface area (Å²) in [7, 11) is 0. The molecule has 0 atom stereocenters. The van der Waals surface area contributed by atoms with Crippen LogP contribution in [0.3, 0.4) is 0 Å². The first kappa shape index (κ1) is 17.1. The molecule has 1 N–H and O–H groups in total. The third-order valence-electron chi connectivity index (χ3n) is 4.02. The van der Waals surface area contributed by atoms with Crippen LogP contribution < -0.4 is 5.32 Å². The van der Waals surface area contributed by atoms with Crippen molar-refractivity contribution >= 4 is 40.7 Å². The average molecular weight is 409 g/mol. The molecule has 2 aromatic rings. The number of hydrogen-bond donors (Lipinski definition) is 1. The van der Waals surface area contributed by atoms with Crippen LogP contribution in [0.15, 0.2) is 47.5 Å². The molecule has 3 rings (SSSR count). The molecule has 0 aromatic heterocycles. The predicted molar refractivity (Wildman–Crippen MR) is 105 cm³/mol. The summed E-state index contributed by atoms with van der Waals surface area (Å²) in [5, 5.41) is 6.01. The summed E-state index contributed by atoms with van der Waals surface area (Å²) in [4.78, 5) is 7.22. The van der Waals surface area contributed by atoms with Gasteiger partial charge in [-0.3, -0.25) is 0 Å². The fraction of sp³-hybridized carbons (Fsp3) is 0.389. The van der Waals surface area contributed by atoms with Crippen molar-refractivity contribution in [2.75, 3.05) is 19.6 Å². The molecule has 1 aliphatic heterocycles. The summed E-state index contributed by atoms with van der Waals surface area (Å²) in [6, 6.07) is 15.0. The number of nitrogens with one attached hydrogen (secondary N) is 1. The van der Waals surface area contributed by atoms with Gasteiger partial charge < -0.3 is 10.2 Å². The van der Waals surface area contributed by atoms with Gasteiger partial charge in [0.15, 0.2) is 5.96 Å². The Hall–Kier alpha value is -1.30. The topological polar surface area (TPSA) is 27.6 Å². The van der Waals surface area contributed by atoms with Crippen molar-refractivity contribution in [3.63, 3.8) is 0 Å². The van der Waals surface area contributed by atoms with Crippen LogP contribution in [0.1, 0.15) is 25.3 Å². The quantitative estimate of drug-likeness (QED) is 0.471. The first-order valence-corrected chi connectivity index (χ1v) is 7.88. The van der Waals surface area contributed by atoms with Crippen LogP contribution >= 0.6 is 24.0 Å². The van der Waals surface area contributed by atoms with Crippen LogP contribution in [0.25, 0.3) is 10.8 Å². The third kappa shape index (κ3) is 3.91. The summed E-state index contributed by atoms with van der Waals surface area (Å²) < 4.78 is 0. The first-order valence-electron chi connectivity index (χ1n) is 7.88. The molecule has 0 aliphatic carbocycles. The second-order valence-electron chi connectivity index (χ2n) is 5.50. The number of aliphatic imine (C=N–C) groups is 1. The standard InChI is InChI=1S/C18H23N3.HI/c1-2-19-18(21-12-5-6-13-21)20-14-16-10-7-9-15-8-3-4-11-17(15)16;/h3-4,7-11H,2,5-6,12-14H2,1H3,(H,19,20);1H. The number of fused-ring (bicyclic) bond motifs is 1. The zero-order chi connectivity index (χ0) is 14.5. The second kappa shape index (κ2) is 8.36. The van der Waals surface area contributed by atoms with Gasteiger partial charge in [-0.05, 0) is 36.1 Å². The van der Waals surface area contributed by atoms with Crippen molar-refractivity contribution < 1.29 is 0 Å². The Morgan fingerprint density at radius 1 is 1.09 bits per heavy atom. The SMILES string of the molecule is CCNC(=NCc1cccc2ccccc12)N1CCCC1.I. The minimum Gasteiger partial charge on any atom is -0.357 e. The number of halogens is 1. The van der Waals surface area contributed by atoms with E-state index in [-0.39, 0.29) is 24.0 Å². The Kier molecular flexibility index (Phi) is 6.49. The molecule has 0 amide bonds. The predicted octanol–water partition coefficient (Wildman–Crippen LogP) is 4.02. The normalized spacial score (nSPS) is 15.0. The van der Waals surface area contributed by atoms with Crippen molar-refractivity contribution in [3.05, 3.63) is 48.0 Å². The number of benzene rings is 2. The second-order valence-corrected chi connectivity index (χ2v) is 5.50. The van der Waals surface area contributed by atoms with Gasteiger partial charge in [-0.25, -0.2) is 4.99 Å². The average Bonchev–Trinajstić information content (AvgIpc) is 3.05. The maximum atomic E-state index is 4.85. The Labute approximate surface area is 149 Å². The summed E-state index contributed by atoms with van der Waals surface area (Å²) in [5.41, 5.74) is 1.29. The van der Waals surface area contributed by atoms with Crippen LogP contribution in [0.4, 0.5) is 0 Å². The molecule has 0 bridgehead atoms. The fourth-order valence-electron chi connectivity index (χ4n) is 2.95. The number of rotatable bonds is 3. The van der Waals surface area contributed by atoms with Crippen LogP contribution in [0, 0.1) is 0 Å². The molecule has 4 heteroatoms.